The Morgan fingerprint density at radius 1 is 0.889 bits per heavy atom. The Balaban J connectivity index is 0.00000180. The van der Waals surface area contributed by atoms with E-state index in [-0.39, 0.29) is 20.1 Å². The van der Waals surface area contributed by atoms with Gasteiger partial charge in [-0.15, -0.1) is 23.6 Å². The molecule has 5 rings (SSSR count). The van der Waals surface area contributed by atoms with Gasteiger partial charge in [-0.25, -0.2) is 0 Å². The van der Waals surface area contributed by atoms with E-state index in [4.69, 9.17) is 4.98 Å². The van der Waals surface area contributed by atoms with Crippen molar-refractivity contribution < 1.29 is 20.1 Å². The van der Waals surface area contributed by atoms with Crippen LogP contribution in [0.2, 0.25) is 0 Å². The van der Waals surface area contributed by atoms with E-state index < -0.39 is 0 Å². The van der Waals surface area contributed by atoms with Crippen LogP contribution in [0.5, 0.6) is 0 Å². The fourth-order valence-electron chi connectivity index (χ4n) is 4.25. The fourth-order valence-corrected chi connectivity index (χ4v) is 4.25. The number of rotatable bonds is 1. The molecule has 2 nitrogen and oxygen atoms in total. The molecular weight excluding hydrogens is 508 g/mol. The standard InChI is InChI=1S/C24H19N2.Ir/c1-15-8-6-9-16(2)21(15)19-12-7-13-20-22(19)17-10-4-5-11-18(17)24-23(20)25-14-26(24)3;/h4-12,14H,1-3H3;/q-1;. The first-order chi connectivity index (χ1) is 12.7. The summed E-state index contributed by atoms with van der Waals surface area (Å²) in [7, 11) is 2.06. The molecule has 0 amide bonds. The van der Waals surface area contributed by atoms with Crippen LogP contribution in [0.25, 0.3) is 43.7 Å². The van der Waals surface area contributed by atoms with Gasteiger partial charge in [0.15, 0.2) is 0 Å². The van der Waals surface area contributed by atoms with Crippen LogP contribution in [0.3, 0.4) is 0 Å². The van der Waals surface area contributed by atoms with E-state index in [1.54, 1.807) is 0 Å². The van der Waals surface area contributed by atoms with Crippen molar-refractivity contribution in [3.8, 4) is 11.1 Å². The molecule has 0 N–H and O–H groups in total. The zero-order chi connectivity index (χ0) is 17.8. The molecule has 3 heteroatoms. The second-order valence-corrected chi connectivity index (χ2v) is 7.01. The molecule has 27 heavy (non-hydrogen) atoms. The molecule has 0 saturated carbocycles. The third-order valence-corrected chi connectivity index (χ3v) is 5.37. The summed E-state index contributed by atoms with van der Waals surface area (Å²) in [6.07, 6.45) is 1.90. The molecule has 1 heterocycles. The predicted molar refractivity (Wildman–Crippen MR) is 109 cm³/mol. The Morgan fingerprint density at radius 2 is 1.59 bits per heavy atom. The van der Waals surface area contributed by atoms with Crippen molar-refractivity contribution in [3.63, 3.8) is 0 Å². The van der Waals surface area contributed by atoms with Gasteiger partial charge in [0.25, 0.3) is 0 Å². The van der Waals surface area contributed by atoms with Crippen molar-refractivity contribution in [2.45, 2.75) is 13.8 Å². The topological polar surface area (TPSA) is 17.8 Å². The van der Waals surface area contributed by atoms with Gasteiger partial charge in [-0.3, -0.25) is 4.98 Å². The summed E-state index contributed by atoms with van der Waals surface area (Å²) in [5.41, 5.74) is 7.35. The molecular formula is C24H19IrN2-. The Morgan fingerprint density at radius 3 is 2.33 bits per heavy atom. The number of nitrogens with zero attached hydrogens (tertiary/aromatic N) is 2. The Labute approximate surface area is 172 Å². The van der Waals surface area contributed by atoms with Crippen LogP contribution in [0.15, 0.2) is 60.9 Å². The number of benzene rings is 4. The van der Waals surface area contributed by atoms with Crippen molar-refractivity contribution >= 4 is 32.6 Å². The first-order valence-electron chi connectivity index (χ1n) is 8.89. The normalized spacial score (nSPS) is 11.2. The molecule has 0 fully saturated rings. The number of hydrogen-bond acceptors (Lipinski definition) is 1. The summed E-state index contributed by atoms with van der Waals surface area (Å²) < 4.78 is 2.11. The number of hydrogen-bond donors (Lipinski definition) is 0. The molecule has 0 spiro atoms. The summed E-state index contributed by atoms with van der Waals surface area (Å²) in [4.78, 5) is 4.71. The summed E-state index contributed by atoms with van der Waals surface area (Å²) in [5.74, 6) is 0. The average molecular weight is 528 g/mol. The van der Waals surface area contributed by atoms with Gasteiger partial charge in [-0.2, -0.15) is 0 Å². The molecule has 4 aromatic carbocycles. The minimum absolute atomic E-state index is 0. The van der Waals surface area contributed by atoms with Crippen LogP contribution in [-0.4, -0.2) is 9.55 Å². The van der Waals surface area contributed by atoms with E-state index >= 15 is 0 Å². The number of aryl methyl sites for hydroxylation is 3. The smallest absolute Gasteiger partial charge is 0.0840 e. The molecule has 0 unspecified atom stereocenters. The average Bonchev–Trinajstić information content (AvgIpc) is 3.04. The zero-order valence-corrected chi connectivity index (χ0v) is 17.9. The Kier molecular flexibility index (Phi) is 4.38. The summed E-state index contributed by atoms with van der Waals surface area (Å²) in [6, 6.07) is 22.8. The van der Waals surface area contributed by atoms with Gasteiger partial charge in [0, 0.05) is 38.2 Å². The Bertz CT molecular complexity index is 1290. The van der Waals surface area contributed by atoms with Crippen LogP contribution in [0, 0.1) is 19.9 Å². The third-order valence-electron chi connectivity index (χ3n) is 5.37. The van der Waals surface area contributed by atoms with Crippen molar-refractivity contribution in [3.05, 3.63) is 78.1 Å². The monoisotopic (exact) mass is 528 g/mol. The molecule has 1 aromatic heterocycles. The molecule has 0 bridgehead atoms. The Hall–Kier alpha value is -2.48. The van der Waals surface area contributed by atoms with E-state index in [0.29, 0.717) is 0 Å². The first-order valence-corrected chi connectivity index (χ1v) is 8.89. The van der Waals surface area contributed by atoms with Crippen LogP contribution in [0.1, 0.15) is 11.1 Å². The number of imidazole rings is 1. The molecule has 0 saturated heterocycles. The third kappa shape index (κ3) is 2.54. The van der Waals surface area contributed by atoms with Crippen LogP contribution in [0.4, 0.5) is 0 Å². The van der Waals surface area contributed by atoms with Crippen molar-refractivity contribution in [1.82, 2.24) is 9.55 Å². The molecule has 0 aliphatic carbocycles. The van der Waals surface area contributed by atoms with Gasteiger partial charge in [0.1, 0.15) is 0 Å². The minimum Gasteiger partial charge on any atom is -0.342 e. The summed E-state index contributed by atoms with van der Waals surface area (Å²) >= 11 is 0. The van der Waals surface area contributed by atoms with Crippen LogP contribution in [-0.2, 0) is 27.2 Å². The maximum absolute atomic E-state index is 4.71. The van der Waals surface area contributed by atoms with Gasteiger partial charge in [0.2, 0.25) is 0 Å². The van der Waals surface area contributed by atoms with Gasteiger partial charge >= 0.3 is 0 Å². The van der Waals surface area contributed by atoms with Crippen molar-refractivity contribution in [2.24, 2.45) is 7.05 Å². The zero-order valence-electron chi connectivity index (χ0n) is 15.5. The minimum atomic E-state index is 0. The van der Waals surface area contributed by atoms with E-state index in [9.17, 15) is 0 Å². The molecule has 0 aliphatic rings. The SMILES string of the molecule is Cc1cccc(C)c1-c1cc[c-]c2c3ncn(C)c3c3ccccc3c12.[Ir]. The van der Waals surface area contributed by atoms with E-state index in [1.165, 1.54) is 43.9 Å². The molecule has 1 radical (unpaired) electrons. The summed E-state index contributed by atoms with van der Waals surface area (Å²) in [6.45, 7) is 4.37. The van der Waals surface area contributed by atoms with E-state index in [0.717, 1.165) is 10.9 Å². The van der Waals surface area contributed by atoms with Gasteiger partial charge in [-0.05, 0) is 35.9 Å². The van der Waals surface area contributed by atoms with Gasteiger partial charge in [0.05, 0.1) is 6.33 Å². The second kappa shape index (κ2) is 6.60. The molecule has 5 aromatic rings. The van der Waals surface area contributed by atoms with E-state index in [1.807, 2.05) is 12.4 Å². The largest absolute Gasteiger partial charge is 0.342 e. The molecule has 0 atom stereocenters. The summed E-state index contributed by atoms with van der Waals surface area (Å²) in [5, 5.41) is 4.83. The van der Waals surface area contributed by atoms with Crippen LogP contribution < -0.4 is 0 Å². The van der Waals surface area contributed by atoms with E-state index in [2.05, 4.69) is 80.1 Å². The maximum atomic E-state index is 4.71. The van der Waals surface area contributed by atoms with Crippen molar-refractivity contribution in [2.75, 3.05) is 0 Å². The van der Waals surface area contributed by atoms with Crippen LogP contribution >= 0.6 is 0 Å². The first kappa shape index (κ1) is 17.9. The second-order valence-electron chi connectivity index (χ2n) is 7.01. The number of aromatic nitrogens is 2. The maximum Gasteiger partial charge on any atom is 0.0840 e. The molecule has 135 valence electrons. The number of fused-ring (bicyclic) bond motifs is 6. The molecule has 0 aliphatic heterocycles. The fraction of sp³-hybridized carbons (Fsp3) is 0.125. The predicted octanol–water partition coefficient (Wildman–Crippen LogP) is 5.96. The van der Waals surface area contributed by atoms with Gasteiger partial charge < -0.3 is 4.57 Å². The quantitative estimate of drug-likeness (QED) is 0.194. The van der Waals surface area contributed by atoms with Crippen molar-refractivity contribution in [1.29, 1.82) is 0 Å². The van der Waals surface area contributed by atoms with Gasteiger partial charge in [-0.1, -0.05) is 58.8 Å².